The standard InChI is InChI=1S/C19H25N5O3/c1-3-9-24-10-8-20-17(24)12-21-19(26)23-15-11-13(4-7-16(15)27-2)18(25)22-14-5-6-14/h4,7-8,10-11,14H,3,5-6,9,12H2,1-2H3,(H,22,25)(H2,21,23,26). The van der Waals surface area contributed by atoms with E-state index in [2.05, 4.69) is 27.9 Å². The van der Waals surface area contributed by atoms with E-state index in [0.717, 1.165) is 31.6 Å². The molecule has 144 valence electrons. The van der Waals surface area contributed by atoms with Gasteiger partial charge in [0.1, 0.15) is 11.6 Å². The number of benzene rings is 1. The molecule has 8 nitrogen and oxygen atoms in total. The van der Waals surface area contributed by atoms with Crippen LogP contribution in [0.15, 0.2) is 30.6 Å². The number of aromatic nitrogens is 2. The number of nitrogens with zero attached hydrogens (tertiary/aromatic N) is 2. The zero-order chi connectivity index (χ0) is 19.2. The topological polar surface area (TPSA) is 97.3 Å². The van der Waals surface area contributed by atoms with E-state index in [1.54, 1.807) is 24.4 Å². The Balaban J connectivity index is 1.63. The van der Waals surface area contributed by atoms with Crippen LogP contribution in [-0.4, -0.2) is 34.6 Å². The van der Waals surface area contributed by atoms with Gasteiger partial charge >= 0.3 is 6.03 Å². The smallest absolute Gasteiger partial charge is 0.319 e. The summed E-state index contributed by atoms with van der Waals surface area (Å²) in [5.74, 6) is 1.13. The maximum atomic E-state index is 12.3. The van der Waals surface area contributed by atoms with Crippen molar-refractivity contribution in [3.63, 3.8) is 0 Å². The molecule has 0 spiro atoms. The molecule has 0 unspecified atom stereocenters. The number of hydrogen-bond acceptors (Lipinski definition) is 4. The summed E-state index contributed by atoms with van der Waals surface area (Å²) in [5.41, 5.74) is 0.923. The van der Waals surface area contributed by atoms with Gasteiger partial charge in [-0.05, 0) is 37.5 Å². The highest BCUT2D eigenvalue weighted by Crippen LogP contribution is 2.26. The van der Waals surface area contributed by atoms with Crippen LogP contribution in [0.3, 0.4) is 0 Å². The molecular weight excluding hydrogens is 346 g/mol. The zero-order valence-corrected chi connectivity index (χ0v) is 15.6. The van der Waals surface area contributed by atoms with E-state index in [0.29, 0.717) is 23.5 Å². The van der Waals surface area contributed by atoms with Crippen LogP contribution in [0, 0.1) is 0 Å². The molecule has 0 saturated heterocycles. The summed E-state index contributed by atoms with van der Waals surface area (Å²) < 4.78 is 7.29. The van der Waals surface area contributed by atoms with E-state index < -0.39 is 0 Å². The van der Waals surface area contributed by atoms with Crippen molar-refractivity contribution in [3.05, 3.63) is 42.0 Å². The number of urea groups is 1. The van der Waals surface area contributed by atoms with Gasteiger partial charge in [-0.3, -0.25) is 4.79 Å². The van der Waals surface area contributed by atoms with E-state index >= 15 is 0 Å². The first-order valence-electron chi connectivity index (χ1n) is 9.14. The summed E-state index contributed by atoms with van der Waals surface area (Å²) in [7, 11) is 1.52. The summed E-state index contributed by atoms with van der Waals surface area (Å²) in [4.78, 5) is 28.8. The zero-order valence-electron chi connectivity index (χ0n) is 15.6. The Morgan fingerprint density at radius 3 is 2.85 bits per heavy atom. The number of imidazole rings is 1. The number of hydrogen-bond donors (Lipinski definition) is 3. The number of carbonyl (C=O) groups excluding carboxylic acids is 2. The first-order valence-corrected chi connectivity index (χ1v) is 9.14. The number of amides is 3. The second kappa shape index (κ2) is 8.57. The molecule has 1 fully saturated rings. The predicted octanol–water partition coefficient (Wildman–Crippen LogP) is 2.52. The molecule has 3 rings (SSSR count). The molecule has 1 aliphatic rings. The number of aryl methyl sites for hydroxylation is 1. The van der Waals surface area contributed by atoms with Gasteiger partial charge in [-0.1, -0.05) is 6.92 Å². The molecule has 0 atom stereocenters. The third-order valence-electron chi connectivity index (χ3n) is 4.30. The van der Waals surface area contributed by atoms with Gasteiger partial charge in [-0.25, -0.2) is 9.78 Å². The fourth-order valence-corrected chi connectivity index (χ4v) is 2.72. The molecule has 0 aliphatic heterocycles. The van der Waals surface area contributed by atoms with Crippen molar-refractivity contribution in [3.8, 4) is 5.75 Å². The van der Waals surface area contributed by atoms with Gasteiger partial charge in [0.15, 0.2) is 0 Å². The SMILES string of the molecule is CCCn1ccnc1CNC(=O)Nc1cc(C(=O)NC2CC2)ccc1OC. The molecule has 3 amide bonds. The maximum absolute atomic E-state index is 12.3. The molecule has 3 N–H and O–H groups in total. The average Bonchev–Trinajstić information content (AvgIpc) is 3.37. The third kappa shape index (κ3) is 4.99. The van der Waals surface area contributed by atoms with Gasteiger partial charge < -0.3 is 25.3 Å². The number of ether oxygens (including phenoxy) is 1. The second-order valence-corrected chi connectivity index (χ2v) is 6.51. The summed E-state index contributed by atoms with van der Waals surface area (Å²) in [6.45, 7) is 3.25. The van der Waals surface area contributed by atoms with Crippen molar-refractivity contribution in [2.75, 3.05) is 12.4 Å². The van der Waals surface area contributed by atoms with Crippen molar-refractivity contribution in [2.45, 2.75) is 45.3 Å². The van der Waals surface area contributed by atoms with Gasteiger partial charge in [-0.15, -0.1) is 0 Å². The lowest BCUT2D eigenvalue weighted by Gasteiger charge is -2.13. The van der Waals surface area contributed by atoms with Crippen LogP contribution in [0.4, 0.5) is 10.5 Å². The molecule has 1 saturated carbocycles. The first kappa shape index (κ1) is 18.8. The Hall–Kier alpha value is -3.03. The molecule has 27 heavy (non-hydrogen) atoms. The summed E-state index contributed by atoms with van der Waals surface area (Å²) >= 11 is 0. The average molecular weight is 371 g/mol. The van der Waals surface area contributed by atoms with E-state index in [9.17, 15) is 9.59 Å². The quantitative estimate of drug-likeness (QED) is 0.664. The van der Waals surface area contributed by atoms with Crippen LogP contribution >= 0.6 is 0 Å². The fraction of sp³-hybridized carbons (Fsp3) is 0.421. The Bertz CT molecular complexity index is 813. The van der Waals surface area contributed by atoms with Gasteiger partial charge in [-0.2, -0.15) is 0 Å². The lowest BCUT2D eigenvalue weighted by Crippen LogP contribution is -2.30. The van der Waals surface area contributed by atoms with Crippen molar-refractivity contribution >= 4 is 17.6 Å². The summed E-state index contributed by atoms with van der Waals surface area (Å²) in [5, 5.41) is 8.46. The summed E-state index contributed by atoms with van der Waals surface area (Å²) in [6, 6.07) is 4.85. The van der Waals surface area contributed by atoms with Crippen molar-refractivity contribution in [1.82, 2.24) is 20.2 Å². The molecule has 1 heterocycles. The number of rotatable bonds is 8. The van der Waals surface area contributed by atoms with E-state index in [-0.39, 0.29) is 18.0 Å². The monoisotopic (exact) mass is 371 g/mol. The van der Waals surface area contributed by atoms with Crippen LogP contribution in [0.1, 0.15) is 42.4 Å². The highest BCUT2D eigenvalue weighted by molar-refractivity contribution is 5.98. The molecule has 1 aliphatic carbocycles. The predicted molar refractivity (Wildman–Crippen MR) is 102 cm³/mol. The van der Waals surface area contributed by atoms with Crippen molar-refractivity contribution < 1.29 is 14.3 Å². The van der Waals surface area contributed by atoms with Crippen LogP contribution < -0.4 is 20.7 Å². The fourth-order valence-electron chi connectivity index (χ4n) is 2.72. The summed E-state index contributed by atoms with van der Waals surface area (Å²) in [6.07, 6.45) is 6.63. The lowest BCUT2D eigenvalue weighted by atomic mass is 10.1. The van der Waals surface area contributed by atoms with Gasteiger partial charge in [0.2, 0.25) is 0 Å². The number of methoxy groups -OCH3 is 1. The minimum atomic E-state index is -0.390. The largest absolute Gasteiger partial charge is 0.495 e. The normalized spacial score (nSPS) is 13.1. The van der Waals surface area contributed by atoms with E-state index in [1.165, 1.54) is 7.11 Å². The molecule has 0 radical (unpaired) electrons. The van der Waals surface area contributed by atoms with Crippen LogP contribution in [0.2, 0.25) is 0 Å². The maximum Gasteiger partial charge on any atom is 0.319 e. The van der Waals surface area contributed by atoms with Crippen LogP contribution in [-0.2, 0) is 13.1 Å². The van der Waals surface area contributed by atoms with Crippen LogP contribution in [0.25, 0.3) is 0 Å². The minimum Gasteiger partial charge on any atom is -0.495 e. The lowest BCUT2D eigenvalue weighted by molar-refractivity contribution is 0.0951. The minimum absolute atomic E-state index is 0.148. The van der Waals surface area contributed by atoms with Crippen LogP contribution in [0.5, 0.6) is 5.75 Å². The van der Waals surface area contributed by atoms with Gasteiger partial charge in [0.05, 0.1) is 19.3 Å². The molecule has 8 heteroatoms. The Morgan fingerprint density at radius 1 is 1.33 bits per heavy atom. The first-order chi connectivity index (χ1) is 13.1. The molecule has 2 aromatic rings. The molecule has 1 aromatic heterocycles. The molecular formula is C19H25N5O3. The Morgan fingerprint density at radius 2 is 2.15 bits per heavy atom. The van der Waals surface area contributed by atoms with Gasteiger partial charge in [0, 0.05) is 30.5 Å². The Labute approximate surface area is 158 Å². The van der Waals surface area contributed by atoms with E-state index in [4.69, 9.17) is 4.74 Å². The number of anilines is 1. The van der Waals surface area contributed by atoms with Gasteiger partial charge in [0.25, 0.3) is 5.91 Å². The van der Waals surface area contributed by atoms with Crippen molar-refractivity contribution in [1.29, 1.82) is 0 Å². The van der Waals surface area contributed by atoms with Crippen molar-refractivity contribution in [2.24, 2.45) is 0 Å². The second-order valence-electron chi connectivity index (χ2n) is 6.51. The highest BCUT2D eigenvalue weighted by atomic mass is 16.5. The molecule has 0 bridgehead atoms. The molecule has 1 aromatic carbocycles. The third-order valence-corrected chi connectivity index (χ3v) is 4.30. The number of nitrogens with one attached hydrogen (secondary N) is 3. The number of carbonyl (C=O) groups is 2. The highest BCUT2D eigenvalue weighted by Gasteiger charge is 2.24. The van der Waals surface area contributed by atoms with E-state index in [1.807, 2.05) is 10.8 Å². The Kier molecular flexibility index (Phi) is 5.95.